The highest BCUT2D eigenvalue weighted by Crippen LogP contribution is 2.47. The number of carboxylic acid groups (broad SMARTS) is 1. The average molecular weight is 194 g/mol. The lowest BCUT2D eigenvalue weighted by molar-refractivity contribution is -0.138. The fourth-order valence-corrected chi connectivity index (χ4v) is 1.84. The van der Waals surface area contributed by atoms with E-state index in [1.807, 2.05) is 10.7 Å². The van der Waals surface area contributed by atoms with Crippen molar-refractivity contribution in [1.82, 2.24) is 9.78 Å². The Morgan fingerprint density at radius 1 is 1.71 bits per heavy atom. The van der Waals surface area contributed by atoms with Crippen LogP contribution in [0, 0.1) is 5.92 Å². The molecule has 1 saturated carbocycles. The van der Waals surface area contributed by atoms with E-state index in [4.69, 9.17) is 5.11 Å². The largest absolute Gasteiger partial charge is 0.481 e. The van der Waals surface area contributed by atoms with Gasteiger partial charge in [0.1, 0.15) is 0 Å². The second-order valence-electron chi connectivity index (χ2n) is 4.08. The first kappa shape index (κ1) is 9.24. The Morgan fingerprint density at radius 2 is 2.43 bits per heavy atom. The molecule has 4 nitrogen and oxygen atoms in total. The summed E-state index contributed by atoms with van der Waals surface area (Å²) in [4.78, 5) is 10.7. The Labute approximate surface area is 82.5 Å². The normalized spacial score (nSPS) is 25.4. The van der Waals surface area contributed by atoms with Crippen molar-refractivity contribution < 1.29 is 9.90 Å². The van der Waals surface area contributed by atoms with Gasteiger partial charge in [0.2, 0.25) is 0 Å². The molecule has 0 aliphatic heterocycles. The fraction of sp³-hybridized carbons (Fsp3) is 0.600. The van der Waals surface area contributed by atoms with Crippen LogP contribution in [0.15, 0.2) is 12.3 Å². The maximum atomic E-state index is 10.7. The quantitative estimate of drug-likeness (QED) is 0.796. The number of nitrogens with zero attached hydrogens (tertiary/aromatic N) is 2. The number of hydrogen-bond donors (Lipinski definition) is 1. The number of hydrogen-bond acceptors (Lipinski definition) is 2. The van der Waals surface area contributed by atoms with Crippen molar-refractivity contribution in [1.29, 1.82) is 0 Å². The van der Waals surface area contributed by atoms with E-state index in [-0.39, 0.29) is 11.8 Å². The summed E-state index contributed by atoms with van der Waals surface area (Å²) in [7, 11) is 0. The van der Waals surface area contributed by atoms with Crippen LogP contribution in [0.1, 0.15) is 37.9 Å². The molecule has 1 aliphatic rings. The molecule has 1 fully saturated rings. The summed E-state index contributed by atoms with van der Waals surface area (Å²) < 4.78 is 1.91. The zero-order chi connectivity index (χ0) is 10.3. The molecule has 1 heterocycles. The molecule has 1 aliphatic carbocycles. The predicted molar refractivity (Wildman–Crippen MR) is 51.1 cm³/mol. The molecular weight excluding hydrogens is 180 g/mol. The lowest BCUT2D eigenvalue weighted by Crippen LogP contribution is -2.08. The molecule has 1 aromatic rings. The van der Waals surface area contributed by atoms with Crippen LogP contribution >= 0.6 is 0 Å². The molecular formula is C10H14N2O2. The van der Waals surface area contributed by atoms with E-state index in [0.717, 1.165) is 12.1 Å². The van der Waals surface area contributed by atoms with Crippen LogP contribution in [-0.2, 0) is 4.79 Å². The van der Waals surface area contributed by atoms with Crippen molar-refractivity contribution >= 4 is 5.97 Å². The van der Waals surface area contributed by atoms with E-state index in [1.54, 1.807) is 6.20 Å². The minimum absolute atomic E-state index is 0.178. The standard InChI is InChI=1S/C10H14N2O2/c1-6(2)12-9(3-4-11-12)7-5-8(7)10(13)14/h3-4,6-8H,5H2,1-2H3,(H,13,14)/t7-,8-/m1/s1. The molecule has 0 amide bonds. The second-order valence-corrected chi connectivity index (χ2v) is 4.08. The molecule has 0 aromatic carbocycles. The van der Waals surface area contributed by atoms with Gasteiger partial charge < -0.3 is 5.11 Å². The lowest BCUT2D eigenvalue weighted by Gasteiger charge is -2.09. The Hall–Kier alpha value is -1.32. The molecule has 1 aromatic heterocycles. The van der Waals surface area contributed by atoms with Gasteiger partial charge in [-0.25, -0.2) is 0 Å². The lowest BCUT2D eigenvalue weighted by atomic mass is 10.2. The van der Waals surface area contributed by atoms with E-state index in [1.165, 1.54) is 0 Å². The van der Waals surface area contributed by atoms with Gasteiger partial charge in [-0.2, -0.15) is 5.10 Å². The van der Waals surface area contributed by atoms with E-state index in [2.05, 4.69) is 18.9 Å². The molecule has 0 unspecified atom stereocenters. The molecule has 0 bridgehead atoms. The van der Waals surface area contributed by atoms with E-state index < -0.39 is 5.97 Å². The molecule has 4 heteroatoms. The molecule has 2 rings (SSSR count). The maximum absolute atomic E-state index is 10.7. The smallest absolute Gasteiger partial charge is 0.307 e. The minimum atomic E-state index is -0.688. The first-order valence-corrected chi connectivity index (χ1v) is 4.87. The second kappa shape index (κ2) is 3.12. The third kappa shape index (κ3) is 1.41. The van der Waals surface area contributed by atoms with Crippen molar-refractivity contribution in [3.8, 4) is 0 Å². The van der Waals surface area contributed by atoms with E-state index >= 15 is 0 Å². The Kier molecular flexibility index (Phi) is 2.06. The van der Waals surface area contributed by atoms with Crippen molar-refractivity contribution in [2.24, 2.45) is 5.92 Å². The maximum Gasteiger partial charge on any atom is 0.307 e. The van der Waals surface area contributed by atoms with Gasteiger partial charge in [-0.15, -0.1) is 0 Å². The van der Waals surface area contributed by atoms with Crippen molar-refractivity contribution in [3.63, 3.8) is 0 Å². The van der Waals surface area contributed by atoms with Gasteiger partial charge in [0, 0.05) is 23.9 Å². The van der Waals surface area contributed by atoms with Crippen LogP contribution < -0.4 is 0 Å². The van der Waals surface area contributed by atoms with Gasteiger partial charge in [0.05, 0.1) is 5.92 Å². The highest BCUT2D eigenvalue weighted by Gasteiger charge is 2.46. The summed E-state index contributed by atoms with van der Waals surface area (Å²) in [6.07, 6.45) is 2.50. The summed E-state index contributed by atoms with van der Waals surface area (Å²) in [5, 5.41) is 13.0. The van der Waals surface area contributed by atoms with Crippen LogP contribution in [-0.4, -0.2) is 20.9 Å². The molecule has 0 spiro atoms. The van der Waals surface area contributed by atoms with E-state index in [0.29, 0.717) is 6.04 Å². The van der Waals surface area contributed by atoms with Gasteiger partial charge in [0.25, 0.3) is 0 Å². The summed E-state index contributed by atoms with van der Waals surface area (Å²) in [6, 6.07) is 2.23. The number of carboxylic acids is 1. The molecule has 76 valence electrons. The predicted octanol–water partition coefficient (Wildman–Crippen LogP) is 1.65. The molecule has 2 atom stereocenters. The fourth-order valence-electron chi connectivity index (χ4n) is 1.84. The average Bonchev–Trinajstić information content (AvgIpc) is 2.75. The summed E-state index contributed by atoms with van der Waals surface area (Å²) in [5.74, 6) is -0.701. The summed E-state index contributed by atoms with van der Waals surface area (Å²) in [6.45, 7) is 4.10. The Balaban J connectivity index is 2.19. The van der Waals surface area contributed by atoms with Gasteiger partial charge in [-0.3, -0.25) is 9.48 Å². The van der Waals surface area contributed by atoms with Crippen LogP contribution in [0.2, 0.25) is 0 Å². The zero-order valence-electron chi connectivity index (χ0n) is 8.34. The van der Waals surface area contributed by atoms with Crippen LogP contribution in [0.25, 0.3) is 0 Å². The van der Waals surface area contributed by atoms with Crippen molar-refractivity contribution in [3.05, 3.63) is 18.0 Å². The van der Waals surface area contributed by atoms with Crippen LogP contribution in [0.5, 0.6) is 0 Å². The molecule has 0 saturated heterocycles. The summed E-state index contributed by atoms with van der Waals surface area (Å²) >= 11 is 0. The number of aliphatic carboxylic acids is 1. The molecule has 1 N–H and O–H groups in total. The van der Waals surface area contributed by atoms with Crippen molar-refractivity contribution in [2.45, 2.75) is 32.2 Å². The topological polar surface area (TPSA) is 55.1 Å². The number of aromatic nitrogens is 2. The van der Waals surface area contributed by atoms with Gasteiger partial charge in [0.15, 0.2) is 0 Å². The van der Waals surface area contributed by atoms with Gasteiger partial charge in [-0.05, 0) is 26.3 Å². The zero-order valence-corrected chi connectivity index (χ0v) is 8.34. The Morgan fingerprint density at radius 3 is 2.93 bits per heavy atom. The van der Waals surface area contributed by atoms with E-state index in [9.17, 15) is 4.79 Å². The third-order valence-electron chi connectivity index (χ3n) is 2.68. The monoisotopic (exact) mass is 194 g/mol. The van der Waals surface area contributed by atoms with Gasteiger partial charge >= 0.3 is 5.97 Å². The molecule has 14 heavy (non-hydrogen) atoms. The highest BCUT2D eigenvalue weighted by atomic mass is 16.4. The minimum Gasteiger partial charge on any atom is -0.481 e. The first-order valence-electron chi connectivity index (χ1n) is 4.87. The van der Waals surface area contributed by atoms with Crippen molar-refractivity contribution in [2.75, 3.05) is 0 Å². The van der Waals surface area contributed by atoms with Crippen LogP contribution in [0.4, 0.5) is 0 Å². The Bertz CT molecular complexity index is 357. The number of carbonyl (C=O) groups is 1. The van der Waals surface area contributed by atoms with Crippen LogP contribution in [0.3, 0.4) is 0 Å². The highest BCUT2D eigenvalue weighted by molar-refractivity contribution is 5.75. The molecule has 0 radical (unpaired) electrons. The van der Waals surface area contributed by atoms with Gasteiger partial charge in [-0.1, -0.05) is 0 Å². The summed E-state index contributed by atoms with van der Waals surface area (Å²) in [5.41, 5.74) is 1.06. The number of rotatable bonds is 3. The third-order valence-corrected chi connectivity index (χ3v) is 2.68. The first-order chi connectivity index (χ1) is 6.61. The SMILES string of the molecule is CC(C)n1nccc1[C@@H]1C[C@H]1C(=O)O.